The molecule has 1 heterocycles. The van der Waals surface area contributed by atoms with E-state index in [1.807, 2.05) is 11.0 Å². The third-order valence-corrected chi connectivity index (χ3v) is 4.46. The third kappa shape index (κ3) is 6.72. The molecule has 0 aliphatic carbocycles. The summed E-state index contributed by atoms with van der Waals surface area (Å²) >= 11 is 0. The van der Waals surface area contributed by atoms with Gasteiger partial charge in [-0.1, -0.05) is 19.1 Å². The second-order valence-electron chi connectivity index (χ2n) is 6.64. The molecule has 1 amide bonds. The Hall–Kier alpha value is -2.11. The lowest BCUT2D eigenvalue weighted by Gasteiger charge is -2.31. The van der Waals surface area contributed by atoms with Gasteiger partial charge in [-0.2, -0.15) is 0 Å². The minimum absolute atomic E-state index is 0.203. The maximum atomic E-state index is 13.1. The SMILES string of the molecule is CN=C(NCCC(=O)N1CCCC(C)C1)NCCc1cccc(F)c1. The number of hydrogen-bond donors (Lipinski definition) is 2. The van der Waals surface area contributed by atoms with E-state index in [2.05, 4.69) is 22.5 Å². The first-order valence-corrected chi connectivity index (χ1v) is 9.05. The topological polar surface area (TPSA) is 56.7 Å². The number of carbonyl (C=O) groups excluding carboxylic acids is 1. The molecule has 5 nitrogen and oxygen atoms in total. The van der Waals surface area contributed by atoms with Gasteiger partial charge in [0.1, 0.15) is 5.82 Å². The summed E-state index contributed by atoms with van der Waals surface area (Å²) in [5.74, 6) is 1.25. The lowest BCUT2D eigenvalue weighted by molar-refractivity contribution is -0.132. The number of amides is 1. The molecule has 1 aliphatic rings. The minimum atomic E-state index is -0.217. The summed E-state index contributed by atoms with van der Waals surface area (Å²) < 4.78 is 13.1. The largest absolute Gasteiger partial charge is 0.356 e. The number of piperidine rings is 1. The predicted octanol–water partition coefficient (Wildman–Crippen LogP) is 2.18. The summed E-state index contributed by atoms with van der Waals surface area (Å²) in [6, 6.07) is 6.59. The Balaban J connectivity index is 1.65. The first kappa shape index (κ1) is 19.2. The second-order valence-corrected chi connectivity index (χ2v) is 6.64. The van der Waals surface area contributed by atoms with Crippen LogP contribution in [0.3, 0.4) is 0 Å². The lowest BCUT2D eigenvalue weighted by Crippen LogP contribution is -2.42. The van der Waals surface area contributed by atoms with E-state index < -0.39 is 0 Å². The van der Waals surface area contributed by atoms with Gasteiger partial charge in [0.05, 0.1) is 0 Å². The quantitative estimate of drug-likeness (QED) is 0.612. The van der Waals surface area contributed by atoms with Crippen LogP contribution in [-0.4, -0.2) is 50.0 Å². The number of hydrogen-bond acceptors (Lipinski definition) is 2. The second kappa shape index (κ2) is 10.0. The standard InChI is InChI=1S/C19H29FN4O/c1-15-5-4-12-24(14-15)18(25)9-11-23-19(21-2)22-10-8-16-6-3-7-17(20)13-16/h3,6-7,13,15H,4-5,8-12,14H2,1-2H3,(H2,21,22,23). The van der Waals surface area contributed by atoms with Crippen LogP contribution in [0, 0.1) is 11.7 Å². The number of rotatable bonds is 6. The molecule has 0 saturated carbocycles. The number of guanidine groups is 1. The smallest absolute Gasteiger partial charge is 0.224 e. The van der Waals surface area contributed by atoms with E-state index in [0.29, 0.717) is 37.8 Å². The molecule has 25 heavy (non-hydrogen) atoms. The molecule has 0 radical (unpaired) electrons. The molecule has 6 heteroatoms. The molecule has 0 aromatic heterocycles. The van der Waals surface area contributed by atoms with E-state index in [-0.39, 0.29) is 11.7 Å². The average Bonchev–Trinajstić information content (AvgIpc) is 2.60. The van der Waals surface area contributed by atoms with Crippen molar-refractivity contribution in [3.8, 4) is 0 Å². The first-order chi connectivity index (χ1) is 12.1. The summed E-state index contributed by atoms with van der Waals surface area (Å²) in [6.07, 6.45) is 3.49. The zero-order valence-electron chi connectivity index (χ0n) is 15.2. The Bertz CT molecular complexity index is 591. The number of nitrogens with zero attached hydrogens (tertiary/aromatic N) is 2. The Kier molecular flexibility index (Phi) is 7.70. The monoisotopic (exact) mass is 348 g/mol. The summed E-state index contributed by atoms with van der Waals surface area (Å²) in [7, 11) is 1.70. The maximum Gasteiger partial charge on any atom is 0.224 e. The van der Waals surface area contributed by atoms with Crippen LogP contribution in [0.2, 0.25) is 0 Å². The number of nitrogens with one attached hydrogen (secondary N) is 2. The van der Waals surface area contributed by atoms with Gasteiger partial charge < -0.3 is 15.5 Å². The highest BCUT2D eigenvalue weighted by Crippen LogP contribution is 2.15. The van der Waals surface area contributed by atoms with Crippen molar-refractivity contribution >= 4 is 11.9 Å². The van der Waals surface area contributed by atoms with Gasteiger partial charge in [-0.15, -0.1) is 0 Å². The average molecular weight is 348 g/mol. The Labute approximate surface area is 149 Å². The summed E-state index contributed by atoms with van der Waals surface area (Å²) in [5.41, 5.74) is 0.942. The van der Waals surface area contributed by atoms with Crippen molar-refractivity contribution in [3.63, 3.8) is 0 Å². The van der Waals surface area contributed by atoms with Gasteiger partial charge in [0.25, 0.3) is 0 Å². The van der Waals surface area contributed by atoms with E-state index in [0.717, 1.165) is 25.1 Å². The molecule has 2 N–H and O–H groups in total. The van der Waals surface area contributed by atoms with Crippen LogP contribution in [0.1, 0.15) is 31.7 Å². The Morgan fingerprint density at radius 1 is 1.36 bits per heavy atom. The van der Waals surface area contributed by atoms with Crippen molar-refractivity contribution in [2.45, 2.75) is 32.6 Å². The van der Waals surface area contributed by atoms with Crippen molar-refractivity contribution < 1.29 is 9.18 Å². The lowest BCUT2D eigenvalue weighted by atomic mass is 10.00. The summed E-state index contributed by atoms with van der Waals surface area (Å²) in [4.78, 5) is 18.4. The van der Waals surface area contributed by atoms with Crippen LogP contribution in [0.5, 0.6) is 0 Å². The van der Waals surface area contributed by atoms with Crippen molar-refractivity contribution in [1.29, 1.82) is 0 Å². The molecule has 1 aromatic carbocycles. The number of likely N-dealkylation sites (tertiary alicyclic amines) is 1. The summed E-state index contributed by atoms with van der Waals surface area (Å²) in [6.45, 7) is 5.16. The normalized spacial score (nSPS) is 18.1. The molecule has 0 bridgehead atoms. The maximum absolute atomic E-state index is 13.1. The molecule has 1 aromatic rings. The highest BCUT2D eigenvalue weighted by Gasteiger charge is 2.20. The van der Waals surface area contributed by atoms with Gasteiger partial charge in [0.15, 0.2) is 5.96 Å². The molecule has 1 saturated heterocycles. The van der Waals surface area contributed by atoms with Gasteiger partial charge in [-0.05, 0) is 42.9 Å². The van der Waals surface area contributed by atoms with Gasteiger partial charge in [-0.3, -0.25) is 9.79 Å². The van der Waals surface area contributed by atoms with Crippen LogP contribution in [-0.2, 0) is 11.2 Å². The molecule has 1 unspecified atom stereocenters. The Morgan fingerprint density at radius 3 is 2.88 bits per heavy atom. The number of carbonyl (C=O) groups is 1. The van der Waals surface area contributed by atoms with Crippen molar-refractivity contribution in [1.82, 2.24) is 15.5 Å². The van der Waals surface area contributed by atoms with Gasteiger partial charge in [0, 0.05) is 39.6 Å². The first-order valence-electron chi connectivity index (χ1n) is 9.05. The third-order valence-electron chi connectivity index (χ3n) is 4.46. The highest BCUT2D eigenvalue weighted by atomic mass is 19.1. The molecule has 138 valence electrons. The van der Waals surface area contributed by atoms with Crippen LogP contribution in [0.15, 0.2) is 29.3 Å². The number of halogens is 1. The van der Waals surface area contributed by atoms with E-state index in [9.17, 15) is 9.18 Å². The molecular formula is C19H29FN4O. The molecular weight excluding hydrogens is 319 g/mol. The molecule has 2 rings (SSSR count). The fourth-order valence-corrected chi connectivity index (χ4v) is 3.10. The van der Waals surface area contributed by atoms with Gasteiger partial charge >= 0.3 is 0 Å². The number of aliphatic imine (C=N–C) groups is 1. The van der Waals surface area contributed by atoms with Crippen LogP contribution < -0.4 is 10.6 Å². The fraction of sp³-hybridized carbons (Fsp3) is 0.579. The molecule has 1 aliphatic heterocycles. The van der Waals surface area contributed by atoms with Crippen molar-refractivity contribution in [2.24, 2.45) is 10.9 Å². The van der Waals surface area contributed by atoms with E-state index >= 15 is 0 Å². The van der Waals surface area contributed by atoms with E-state index in [1.54, 1.807) is 13.1 Å². The summed E-state index contributed by atoms with van der Waals surface area (Å²) in [5, 5.41) is 6.35. The zero-order chi connectivity index (χ0) is 18.1. The zero-order valence-corrected chi connectivity index (χ0v) is 15.2. The van der Waals surface area contributed by atoms with Crippen LogP contribution >= 0.6 is 0 Å². The van der Waals surface area contributed by atoms with Crippen molar-refractivity contribution in [2.75, 3.05) is 33.2 Å². The Morgan fingerprint density at radius 2 is 2.16 bits per heavy atom. The number of benzene rings is 1. The predicted molar refractivity (Wildman–Crippen MR) is 99.1 cm³/mol. The van der Waals surface area contributed by atoms with Crippen molar-refractivity contribution in [3.05, 3.63) is 35.6 Å². The minimum Gasteiger partial charge on any atom is -0.356 e. The molecule has 0 spiro atoms. The van der Waals surface area contributed by atoms with Gasteiger partial charge in [0.2, 0.25) is 5.91 Å². The highest BCUT2D eigenvalue weighted by molar-refractivity contribution is 5.81. The van der Waals surface area contributed by atoms with Crippen LogP contribution in [0.25, 0.3) is 0 Å². The fourth-order valence-electron chi connectivity index (χ4n) is 3.10. The molecule has 1 fully saturated rings. The van der Waals surface area contributed by atoms with E-state index in [4.69, 9.17) is 0 Å². The van der Waals surface area contributed by atoms with E-state index in [1.165, 1.54) is 18.6 Å². The van der Waals surface area contributed by atoms with Gasteiger partial charge in [-0.25, -0.2) is 4.39 Å². The molecule has 1 atom stereocenters. The van der Waals surface area contributed by atoms with Crippen LogP contribution in [0.4, 0.5) is 4.39 Å².